The van der Waals surface area contributed by atoms with E-state index < -0.39 is 28.6 Å². The number of benzene rings is 3. The minimum atomic E-state index is -1.39. The quantitative estimate of drug-likeness (QED) is 0.369. The number of carbonyl (C=O) groups excluding carboxylic acids is 4. The fourth-order valence-electron chi connectivity index (χ4n) is 3.27. The summed E-state index contributed by atoms with van der Waals surface area (Å²) in [6.45, 7) is 0. The predicted octanol–water partition coefficient (Wildman–Crippen LogP) is 2.01. The van der Waals surface area contributed by atoms with Gasteiger partial charge in [-0.1, -0.05) is 12.1 Å². The number of nitro benzene ring substituents is 1. The van der Waals surface area contributed by atoms with Crippen LogP contribution in [0.25, 0.3) is 0 Å². The molecule has 0 atom stereocenters. The molecule has 0 spiro atoms. The number of carboxylic acid groups (broad SMARTS) is 1. The smallest absolute Gasteiger partial charge is 0.269 e. The zero-order valence-corrected chi connectivity index (χ0v) is 16.1. The van der Waals surface area contributed by atoms with Gasteiger partial charge in [0.05, 0.1) is 27.7 Å². The van der Waals surface area contributed by atoms with Crippen LogP contribution in [0.15, 0.2) is 66.7 Å². The highest BCUT2D eigenvalue weighted by Crippen LogP contribution is 2.30. The van der Waals surface area contributed by atoms with Gasteiger partial charge in [-0.25, -0.2) is 4.90 Å². The van der Waals surface area contributed by atoms with Crippen LogP contribution in [0.4, 0.5) is 17.1 Å². The average Bonchev–Trinajstić information content (AvgIpc) is 3.03. The van der Waals surface area contributed by atoms with Crippen LogP contribution < -0.4 is 15.3 Å². The SMILES string of the molecule is O=C([O-])c1cccc(NC(=O)c2ccc3c(c2)C(=O)N(c2ccc([N+](=O)[O-])cc2)C3=O)c1. The van der Waals surface area contributed by atoms with E-state index in [1.807, 2.05) is 0 Å². The van der Waals surface area contributed by atoms with Gasteiger partial charge in [0.25, 0.3) is 23.4 Å². The number of nitrogens with zero attached hydrogens (tertiary/aromatic N) is 2. The molecule has 4 rings (SSSR count). The van der Waals surface area contributed by atoms with E-state index in [2.05, 4.69) is 5.32 Å². The second-order valence-corrected chi connectivity index (χ2v) is 6.80. The lowest BCUT2D eigenvalue weighted by atomic mass is 10.1. The van der Waals surface area contributed by atoms with Crippen LogP contribution in [-0.4, -0.2) is 28.6 Å². The topological polar surface area (TPSA) is 150 Å². The van der Waals surface area contributed by atoms with Crippen LogP contribution >= 0.6 is 0 Å². The largest absolute Gasteiger partial charge is 0.545 e. The summed E-state index contributed by atoms with van der Waals surface area (Å²) in [4.78, 5) is 60.2. The number of fused-ring (bicyclic) bond motifs is 1. The van der Waals surface area contributed by atoms with E-state index in [4.69, 9.17) is 0 Å². The Balaban J connectivity index is 1.60. The first-order valence-corrected chi connectivity index (χ1v) is 9.16. The molecule has 0 bridgehead atoms. The Morgan fingerprint density at radius 2 is 1.53 bits per heavy atom. The molecule has 0 fully saturated rings. The molecular weight excluding hydrogens is 418 g/mol. The molecule has 3 amide bonds. The first kappa shape index (κ1) is 20.4. The van der Waals surface area contributed by atoms with Gasteiger partial charge in [-0.05, 0) is 48.0 Å². The Hall–Kier alpha value is -4.86. The van der Waals surface area contributed by atoms with Gasteiger partial charge in [0, 0.05) is 23.4 Å². The zero-order valence-electron chi connectivity index (χ0n) is 16.1. The normalized spacial score (nSPS) is 12.4. The lowest BCUT2D eigenvalue weighted by Crippen LogP contribution is -2.29. The van der Waals surface area contributed by atoms with Gasteiger partial charge >= 0.3 is 0 Å². The second kappa shape index (κ2) is 7.76. The molecule has 0 aliphatic carbocycles. The van der Waals surface area contributed by atoms with Gasteiger partial charge < -0.3 is 15.2 Å². The minimum absolute atomic E-state index is 0.00416. The number of rotatable bonds is 5. The fourth-order valence-corrected chi connectivity index (χ4v) is 3.27. The molecule has 0 radical (unpaired) electrons. The molecule has 10 nitrogen and oxygen atoms in total. The molecule has 1 aliphatic heterocycles. The summed E-state index contributed by atoms with van der Waals surface area (Å²) in [6, 6.07) is 14.4. The summed E-state index contributed by atoms with van der Waals surface area (Å²) in [7, 11) is 0. The molecule has 0 saturated carbocycles. The number of carbonyl (C=O) groups is 4. The Morgan fingerprint density at radius 1 is 0.844 bits per heavy atom. The number of carboxylic acids is 1. The van der Waals surface area contributed by atoms with E-state index in [-0.39, 0.29) is 39.3 Å². The molecule has 32 heavy (non-hydrogen) atoms. The summed E-state index contributed by atoms with van der Waals surface area (Å²) >= 11 is 0. The maximum atomic E-state index is 12.8. The van der Waals surface area contributed by atoms with Crippen molar-refractivity contribution in [3.8, 4) is 0 Å². The number of non-ortho nitro benzene ring substituents is 1. The number of imide groups is 1. The summed E-state index contributed by atoms with van der Waals surface area (Å²) in [5, 5.41) is 24.3. The first-order valence-electron chi connectivity index (χ1n) is 9.16. The highest BCUT2D eigenvalue weighted by atomic mass is 16.6. The van der Waals surface area contributed by atoms with Gasteiger partial charge in [-0.3, -0.25) is 24.5 Å². The van der Waals surface area contributed by atoms with Crippen LogP contribution in [0.3, 0.4) is 0 Å². The van der Waals surface area contributed by atoms with E-state index in [0.717, 1.165) is 4.90 Å². The Morgan fingerprint density at radius 3 is 2.19 bits per heavy atom. The number of amides is 3. The van der Waals surface area contributed by atoms with Crippen molar-refractivity contribution in [2.45, 2.75) is 0 Å². The molecule has 0 unspecified atom stereocenters. The van der Waals surface area contributed by atoms with Crippen molar-refractivity contribution in [2.24, 2.45) is 0 Å². The number of hydrogen-bond acceptors (Lipinski definition) is 7. The number of hydrogen-bond donors (Lipinski definition) is 1. The van der Waals surface area contributed by atoms with Crippen molar-refractivity contribution in [3.63, 3.8) is 0 Å². The Kier molecular flexibility index (Phi) is 4.95. The lowest BCUT2D eigenvalue weighted by Gasteiger charge is -2.13. The van der Waals surface area contributed by atoms with Crippen molar-refractivity contribution >= 4 is 40.8 Å². The van der Waals surface area contributed by atoms with Crippen LogP contribution in [0.5, 0.6) is 0 Å². The monoisotopic (exact) mass is 430 g/mol. The third-order valence-corrected chi connectivity index (χ3v) is 4.82. The molecular formula is C22H12N3O7-. The molecule has 1 heterocycles. The van der Waals surface area contributed by atoms with Crippen molar-refractivity contribution in [1.82, 2.24) is 0 Å². The molecule has 1 N–H and O–H groups in total. The van der Waals surface area contributed by atoms with Crippen molar-refractivity contribution < 1.29 is 29.2 Å². The standard InChI is InChI=1S/C22H13N3O7/c26-19(23-14-3-1-2-13(10-14)22(29)30)12-4-9-17-18(11-12)21(28)24(20(17)27)15-5-7-16(8-6-15)25(31)32/h1-11H,(H,23,26)(H,29,30)/p-1. The minimum Gasteiger partial charge on any atom is -0.545 e. The fraction of sp³-hybridized carbons (Fsp3) is 0. The number of nitrogens with one attached hydrogen (secondary N) is 1. The van der Waals surface area contributed by atoms with Gasteiger partial charge in [-0.15, -0.1) is 0 Å². The Labute approximate surface area is 179 Å². The first-order chi connectivity index (χ1) is 15.3. The Bertz CT molecular complexity index is 1320. The zero-order chi connectivity index (χ0) is 23.0. The van der Waals surface area contributed by atoms with Crippen molar-refractivity contribution in [1.29, 1.82) is 0 Å². The maximum Gasteiger partial charge on any atom is 0.269 e. The average molecular weight is 430 g/mol. The lowest BCUT2D eigenvalue weighted by molar-refractivity contribution is -0.384. The molecule has 10 heteroatoms. The summed E-state index contributed by atoms with van der Waals surface area (Å²) in [5.74, 6) is -3.30. The van der Waals surface area contributed by atoms with Crippen molar-refractivity contribution in [3.05, 3.63) is 99.1 Å². The van der Waals surface area contributed by atoms with Gasteiger partial charge in [0.2, 0.25) is 0 Å². The van der Waals surface area contributed by atoms with Crippen LogP contribution in [0.1, 0.15) is 41.4 Å². The number of nitro groups is 1. The molecule has 158 valence electrons. The van der Waals surface area contributed by atoms with Gasteiger partial charge in [-0.2, -0.15) is 0 Å². The van der Waals surface area contributed by atoms with E-state index in [1.165, 1.54) is 66.7 Å². The molecule has 0 saturated heterocycles. The molecule has 0 aromatic heterocycles. The van der Waals surface area contributed by atoms with Crippen LogP contribution in [0.2, 0.25) is 0 Å². The predicted molar refractivity (Wildman–Crippen MR) is 109 cm³/mol. The van der Waals surface area contributed by atoms with E-state index >= 15 is 0 Å². The third-order valence-electron chi connectivity index (χ3n) is 4.82. The van der Waals surface area contributed by atoms with Crippen molar-refractivity contribution in [2.75, 3.05) is 10.2 Å². The molecule has 3 aromatic carbocycles. The van der Waals surface area contributed by atoms with E-state index in [9.17, 15) is 34.4 Å². The third kappa shape index (κ3) is 3.56. The highest BCUT2D eigenvalue weighted by molar-refractivity contribution is 6.34. The summed E-state index contributed by atoms with van der Waals surface area (Å²) in [6.07, 6.45) is 0. The maximum absolute atomic E-state index is 12.8. The summed E-state index contributed by atoms with van der Waals surface area (Å²) < 4.78 is 0. The summed E-state index contributed by atoms with van der Waals surface area (Å²) in [5.41, 5.74) is 0.241. The molecule has 3 aromatic rings. The number of anilines is 2. The van der Waals surface area contributed by atoms with Gasteiger partial charge in [0.15, 0.2) is 0 Å². The van der Waals surface area contributed by atoms with E-state index in [1.54, 1.807) is 0 Å². The highest BCUT2D eigenvalue weighted by Gasteiger charge is 2.37. The number of aromatic carboxylic acids is 1. The second-order valence-electron chi connectivity index (χ2n) is 6.80. The molecule has 1 aliphatic rings. The van der Waals surface area contributed by atoms with E-state index in [0.29, 0.717) is 0 Å². The van der Waals surface area contributed by atoms with Crippen LogP contribution in [0, 0.1) is 10.1 Å². The van der Waals surface area contributed by atoms with Crippen LogP contribution in [-0.2, 0) is 0 Å². The van der Waals surface area contributed by atoms with Gasteiger partial charge in [0.1, 0.15) is 0 Å².